The van der Waals surface area contributed by atoms with E-state index in [1.807, 2.05) is 0 Å². The predicted molar refractivity (Wildman–Crippen MR) is 73.4 cm³/mol. The summed E-state index contributed by atoms with van der Waals surface area (Å²) in [6.07, 6.45) is -2.85. The number of carbonyl (C=O) groups is 1. The first kappa shape index (κ1) is 17.6. The Morgan fingerprint density at radius 1 is 1.43 bits per heavy atom. The van der Waals surface area contributed by atoms with Crippen molar-refractivity contribution in [1.82, 2.24) is 4.90 Å². The van der Waals surface area contributed by atoms with Crippen molar-refractivity contribution in [1.29, 1.82) is 0 Å². The van der Waals surface area contributed by atoms with Gasteiger partial charge in [-0.2, -0.15) is 0 Å². The van der Waals surface area contributed by atoms with Crippen molar-refractivity contribution in [2.75, 3.05) is 20.7 Å². The molecular formula is C12H14ClF2NO4S. The molecule has 0 heterocycles. The van der Waals surface area contributed by atoms with Gasteiger partial charge in [-0.15, -0.1) is 0 Å². The molecule has 0 radical (unpaired) electrons. The van der Waals surface area contributed by atoms with E-state index in [9.17, 15) is 22.0 Å². The molecule has 5 nitrogen and oxygen atoms in total. The highest BCUT2D eigenvalue weighted by Gasteiger charge is 2.19. The second-order valence-corrected chi connectivity index (χ2v) is 6.80. The number of amides is 1. The summed E-state index contributed by atoms with van der Waals surface area (Å²) in [4.78, 5) is 12.4. The van der Waals surface area contributed by atoms with Gasteiger partial charge in [0.2, 0.25) is 5.91 Å². The minimum atomic E-state index is -4.04. The van der Waals surface area contributed by atoms with Gasteiger partial charge in [-0.05, 0) is 17.7 Å². The number of ether oxygens (including phenoxy) is 1. The molecule has 1 aromatic rings. The Labute approximate surface area is 125 Å². The normalized spacial score (nSPS) is 11.5. The van der Waals surface area contributed by atoms with Crippen LogP contribution in [0.5, 0.6) is 5.75 Å². The van der Waals surface area contributed by atoms with Crippen LogP contribution < -0.4 is 4.74 Å². The van der Waals surface area contributed by atoms with Gasteiger partial charge in [0.05, 0.1) is 20.1 Å². The molecule has 0 saturated carbocycles. The van der Waals surface area contributed by atoms with Gasteiger partial charge in [-0.1, -0.05) is 6.07 Å². The summed E-state index contributed by atoms with van der Waals surface area (Å²) in [6, 6.07) is 4.01. The maximum atomic E-state index is 12.2. The lowest BCUT2D eigenvalue weighted by atomic mass is 10.1. The molecule has 1 rings (SSSR count). The van der Waals surface area contributed by atoms with Crippen LogP contribution in [0.1, 0.15) is 5.56 Å². The minimum absolute atomic E-state index is 0.0436. The van der Waals surface area contributed by atoms with Crippen LogP contribution in [0.25, 0.3) is 0 Å². The number of benzene rings is 1. The fourth-order valence-corrected chi connectivity index (χ4v) is 2.69. The first-order valence-corrected chi connectivity index (χ1v) is 8.09. The van der Waals surface area contributed by atoms with E-state index in [-0.39, 0.29) is 17.1 Å². The highest BCUT2D eigenvalue weighted by atomic mass is 35.7. The molecule has 0 aliphatic rings. The molecule has 0 fully saturated rings. The van der Waals surface area contributed by atoms with Crippen LogP contribution in [0.4, 0.5) is 8.78 Å². The summed E-state index contributed by atoms with van der Waals surface area (Å²) in [7, 11) is 3.77. The molecule has 1 amide bonds. The summed E-state index contributed by atoms with van der Waals surface area (Å²) < 4.78 is 52.1. The SMILES string of the molecule is COc1ccc(CC(=O)N(C)CC(F)F)cc1S(=O)(=O)Cl. The zero-order valence-electron chi connectivity index (χ0n) is 11.3. The second-order valence-electron chi connectivity index (χ2n) is 4.27. The third kappa shape index (κ3) is 5.13. The summed E-state index contributed by atoms with van der Waals surface area (Å²) in [5.41, 5.74) is 0.334. The molecule has 0 N–H and O–H groups in total. The third-order valence-electron chi connectivity index (χ3n) is 2.68. The van der Waals surface area contributed by atoms with Crippen LogP contribution in [0.2, 0.25) is 0 Å². The van der Waals surface area contributed by atoms with E-state index >= 15 is 0 Å². The Kier molecular flexibility index (Phi) is 5.91. The van der Waals surface area contributed by atoms with Gasteiger partial charge in [0.1, 0.15) is 10.6 Å². The van der Waals surface area contributed by atoms with Crippen molar-refractivity contribution in [2.45, 2.75) is 17.7 Å². The molecule has 118 valence electrons. The molecule has 1 aromatic carbocycles. The topological polar surface area (TPSA) is 63.7 Å². The fourth-order valence-electron chi connectivity index (χ4n) is 1.64. The number of likely N-dealkylation sites (N-methyl/N-ethyl adjacent to an activating group) is 1. The van der Waals surface area contributed by atoms with Crippen molar-refractivity contribution in [3.8, 4) is 5.75 Å². The Morgan fingerprint density at radius 3 is 2.52 bits per heavy atom. The monoisotopic (exact) mass is 341 g/mol. The summed E-state index contributed by atoms with van der Waals surface area (Å²) in [6.45, 7) is -0.685. The molecule has 21 heavy (non-hydrogen) atoms. The standard InChI is InChI=1S/C12H14ClF2NO4S/c1-16(7-11(14)15)12(17)6-8-3-4-9(20-2)10(5-8)21(13,18)19/h3-5,11H,6-7H2,1-2H3. The van der Waals surface area contributed by atoms with Gasteiger partial charge in [-0.25, -0.2) is 17.2 Å². The Morgan fingerprint density at radius 2 is 2.05 bits per heavy atom. The predicted octanol–water partition coefficient (Wildman–Crippen LogP) is 1.89. The lowest BCUT2D eigenvalue weighted by Crippen LogP contribution is -2.32. The first-order chi connectivity index (χ1) is 9.65. The summed E-state index contributed by atoms with van der Waals surface area (Å²) in [5, 5.41) is 0. The van der Waals surface area contributed by atoms with Gasteiger partial charge in [0.15, 0.2) is 0 Å². The van der Waals surface area contributed by atoms with Gasteiger partial charge in [0, 0.05) is 17.7 Å². The van der Waals surface area contributed by atoms with Gasteiger partial charge in [0.25, 0.3) is 15.5 Å². The summed E-state index contributed by atoms with van der Waals surface area (Å²) >= 11 is 0. The number of carbonyl (C=O) groups excluding carboxylic acids is 1. The van der Waals surface area contributed by atoms with Crippen molar-refractivity contribution >= 4 is 25.6 Å². The molecule has 0 aliphatic carbocycles. The Balaban J connectivity index is 2.98. The molecule has 0 unspecified atom stereocenters. The molecule has 0 bridgehead atoms. The molecule has 0 aromatic heterocycles. The van der Waals surface area contributed by atoms with Crippen LogP contribution in [-0.2, 0) is 20.3 Å². The number of hydrogen-bond donors (Lipinski definition) is 0. The average Bonchev–Trinajstić information content (AvgIpc) is 2.36. The number of rotatable bonds is 6. The van der Waals surface area contributed by atoms with Gasteiger partial charge < -0.3 is 9.64 Å². The molecule has 9 heteroatoms. The quantitative estimate of drug-likeness (QED) is 0.741. The number of alkyl halides is 2. The molecule has 0 atom stereocenters. The number of nitrogens with zero attached hydrogens (tertiary/aromatic N) is 1. The highest BCUT2D eigenvalue weighted by molar-refractivity contribution is 8.13. The van der Waals surface area contributed by atoms with Crippen molar-refractivity contribution in [2.24, 2.45) is 0 Å². The second kappa shape index (κ2) is 7.04. The van der Waals surface area contributed by atoms with Crippen LogP contribution >= 0.6 is 10.7 Å². The van der Waals surface area contributed by atoms with Gasteiger partial charge in [-0.3, -0.25) is 4.79 Å². The molecule has 0 spiro atoms. The fraction of sp³-hybridized carbons (Fsp3) is 0.417. The Hall–Kier alpha value is -1.41. The zero-order valence-corrected chi connectivity index (χ0v) is 12.9. The van der Waals surface area contributed by atoms with E-state index in [4.69, 9.17) is 15.4 Å². The average molecular weight is 342 g/mol. The molecular weight excluding hydrogens is 328 g/mol. The first-order valence-electron chi connectivity index (χ1n) is 5.79. The third-order valence-corrected chi connectivity index (χ3v) is 4.03. The lowest BCUT2D eigenvalue weighted by molar-refractivity contribution is -0.130. The van der Waals surface area contributed by atoms with Crippen LogP contribution in [0.15, 0.2) is 23.1 Å². The van der Waals surface area contributed by atoms with Crippen molar-refractivity contribution in [3.05, 3.63) is 23.8 Å². The van der Waals surface area contributed by atoms with E-state index in [2.05, 4.69) is 0 Å². The number of hydrogen-bond acceptors (Lipinski definition) is 4. The van der Waals surface area contributed by atoms with Crippen LogP contribution in [0, 0.1) is 0 Å². The Bertz CT molecular complexity index is 622. The highest BCUT2D eigenvalue weighted by Crippen LogP contribution is 2.28. The van der Waals surface area contributed by atoms with E-state index in [0.29, 0.717) is 5.56 Å². The summed E-state index contributed by atoms with van der Waals surface area (Å²) in [5.74, 6) is -0.513. The van der Waals surface area contributed by atoms with Crippen LogP contribution in [-0.4, -0.2) is 46.4 Å². The van der Waals surface area contributed by atoms with Gasteiger partial charge >= 0.3 is 0 Å². The molecule has 0 aliphatic heterocycles. The smallest absolute Gasteiger partial charge is 0.264 e. The lowest BCUT2D eigenvalue weighted by Gasteiger charge is -2.16. The minimum Gasteiger partial charge on any atom is -0.495 e. The largest absolute Gasteiger partial charge is 0.495 e. The zero-order chi connectivity index (χ0) is 16.2. The van der Waals surface area contributed by atoms with Crippen molar-refractivity contribution in [3.63, 3.8) is 0 Å². The maximum absolute atomic E-state index is 12.2. The van der Waals surface area contributed by atoms with E-state index in [1.54, 1.807) is 0 Å². The number of methoxy groups -OCH3 is 1. The molecule has 0 saturated heterocycles. The van der Waals surface area contributed by atoms with Crippen LogP contribution in [0.3, 0.4) is 0 Å². The maximum Gasteiger partial charge on any atom is 0.264 e. The number of halogens is 3. The van der Waals surface area contributed by atoms with E-state index < -0.39 is 27.9 Å². The van der Waals surface area contributed by atoms with E-state index in [0.717, 1.165) is 4.90 Å². The van der Waals surface area contributed by atoms with Crippen molar-refractivity contribution < 1.29 is 26.7 Å². The van der Waals surface area contributed by atoms with E-state index in [1.165, 1.54) is 32.4 Å².